The maximum Gasteiger partial charge on any atom is 0.169 e. The molecular formula is C56H70N4O12S4. The van der Waals surface area contributed by atoms with Crippen LogP contribution < -0.4 is 18.3 Å². The van der Waals surface area contributed by atoms with E-state index >= 15 is 0 Å². The van der Waals surface area contributed by atoms with Gasteiger partial charge in [-0.1, -0.05) is 77.6 Å². The fraction of sp³-hybridized carbons (Fsp3) is 0.357. The number of hydrogen-bond acceptors (Lipinski definition) is 12. The van der Waals surface area contributed by atoms with E-state index in [9.17, 15) is 51.9 Å². The van der Waals surface area contributed by atoms with Crippen molar-refractivity contribution in [1.82, 2.24) is 0 Å². The molecule has 0 aliphatic rings. The molecule has 0 N–H and O–H groups in total. The summed E-state index contributed by atoms with van der Waals surface area (Å²) in [5.74, 6) is 0. The van der Waals surface area contributed by atoms with Gasteiger partial charge in [0, 0.05) is 95.8 Å². The molecule has 8 aromatic rings. The molecule has 0 bridgehead atoms. The van der Waals surface area contributed by atoms with Gasteiger partial charge in [-0.3, -0.25) is 0 Å². The van der Waals surface area contributed by atoms with Crippen LogP contribution in [0.4, 0.5) is 0 Å². The molecule has 8 rings (SSSR count). The molecule has 20 heteroatoms. The molecule has 16 nitrogen and oxygen atoms in total. The van der Waals surface area contributed by atoms with Gasteiger partial charge < -0.3 is 18.2 Å². The predicted molar refractivity (Wildman–Crippen MR) is 287 cm³/mol. The van der Waals surface area contributed by atoms with Crippen molar-refractivity contribution in [3.63, 3.8) is 0 Å². The predicted octanol–water partition coefficient (Wildman–Crippen LogP) is 8.53. The van der Waals surface area contributed by atoms with Crippen molar-refractivity contribution in [1.29, 1.82) is 0 Å². The first kappa shape index (κ1) is 62.7. The summed E-state index contributed by atoms with van der Waals surface area (Å²) in [6.45, 7) is 21.9. The van der Waals surface area contributed by atoms with Crippen molar-refractivity contribution < 1.29 is 70.2 Å². The zero-order valence-corrected chi connectivity index (χ0v) is 47.8. The highest BCUT2D eigenvalue weighted by molar-refractivity contribution is 7.87. The monoisotopic (exact) mass is 1120 g/mol. The zero-order chi connectivity index (χ0) is 56.4. The van der Waals surface area contributed by atoms with Crippen LogP contribution in [0.5, 0.6) is 0 Å². The second-order valence-electron chi connectivity index (χ2n) is 18.5. The van der Waals surface area contributed by atoms with Crippen molar-refractivity contribution in [3.8, 4) is 0 Å². The highest BCUT2D eigenvalue weighted by Gasteiger charge is 2.24. The lowest BCUT2D eigenvalue weighted by atomic mass is 9.94. The third kappa shape index (κ3) is 18.7. The van der Waals surface area contributed by atoms with Crippen LogP contribution in [0.1, 0.15) is 101 Å². The minimum Gasteiger partial charge on any atom is -0.744 e. The number of nitrogens with zero attached hydrogens (tertiary/aromatic N) is 4. The van der Waals surface area contributed by atoms with Crippen LogP contribution in [0.15, 0.2) is 154 Å². The normalized spacial score (nSPS) is 11.7. The average molecular weight is 1120 g/mol. The second-order valence-corrected chi connectivity index (χ2v) is 23.9. The van der Waals surface area contributed by atoms with Crippen LogP contribution >= 0.6 is 0 Å². The molecule has 0 spiro atoms. The number of pyridine rings is 4. The van der Waals surface area contributed by atoms with Crippen LogP contribution in [-0.2, 0) is 66.7 Å². The maximum absolute atomic E-state index is 11.8. The molecule has 0 saturated heterocycles. The molecule has 0 saturated carbocycles. The Bertz CT molecular complexity index is 3130. The van der Waals surface area contributed by atoms with Crippen LogP contribution in [0.2, 0.25) is 0 Å². The summed E-state index contributed by atoms with van der Waals surface area (Å²) in [7, 11) is -21.6. The lowest BCUT2D eigenvalue weighted by molar-refractivity contribution is -0.697. The average Bonchev–Trinajstić information content (AvgIpc) is 3.38. The number of rotatable bonds is 16. The Morgan fingerprint density at radius 2 is 0.487 bits per heavy atom. The van der Waals surface area contributed by atoms with Gasteiger partial charge in [-0.15, -0.1) is 0 Å². The lowest BCUT2D eigenvalue weighted by Crippen LogP contribution is -2.32. The van der Waals surface area contributed by atoms with Gasteiger partial charge in [0.15, 0.2) is 49.6 Å². The van der Waals surface area contributed by atoms with E-state index in [-0.39, 0.29) is 0 Å². The second kappa shape index (κ2) is 28.5. The van der Waals surface area contributed by atoms with Crippen LogP contribution in [0, 0.1) is 27.7 Å². The third-order valence-electron chi connectivity index (χ3n) is 12.1. The molecule has 0 amide bonds. The Kier molecular flexibility index (Phi) is 23.5. The van der Waals surface area contributed by atoms with E-state index in [0.29, 0.717) is 12.1 Å². The summed E-state index contributed by atoms with van der Waals surface area (Å²) in [5.41, 5.74) is 5.32. The number of unbranched alkanes of at least 4 members (excludes halogenated alkanes) is 4. The Morgan fingerprint density at radius 1 is 0.316 bits per heavy atom. The third-order valence-corrected chi connectivity index (χ3v) is 15.6. The molecule has 4 aromatic carbocycles. The molecule has 4 aromatic heterocycles. The van der Waals surface area contributed by atoms with Crippen LogP contribution in [0.25, 0.3) is 32.3 Å². The highest BCUT2D eigenvalue weighted by Crippen LogP contribution is 2.44. The number of benzene rings is 4. The zero-order valence-electron chi connectivity index (χ0n) is 44.5. The smallest absolute Gasteiger partial charge is 0.169 e. The van der Waals surface area contributed by atoms with E-state index in [4.69, 9.17) is 0 Å². The van der Waals surface area contributed by atoms with Gasteiger partial charge in [-0.2, -0.15) is 0 Å². The van der Waals surface area contributed by atoms with Gasteiger partial charge >= 0.3 is 0 Å². The molecule has 0 radical (unpaired) electrons. The maximum atomic E-state index is 11.8. The first-order chi connectivity index (χ1) is 35.7. The molecule has 0 aliphatic heterocycles. The summed E-state index contributed by atoms with van der Waals surface area (Å²) < 4.78 is 150. The highest BCUT2D eigenvalue weighted by atomic mass is 32.2. The summed E-state index contributed by atoms with van der Waals surface area (Å²) in [4.78, 5) is -4.63. The quantitative estimate of drug-likeness (QED) is 0.0502. The molecule has 4 heterocycles. The van der Waals surface area contributed by atoms with Crippen molar-refractivity contribution in [2.45, 2.75) is 153 Å². The lowest BCUT2D eigenvalue weighted by Gasteiger charge is -2.23. The van der Waals surface area contributed by atoms with E-state index in [0.717, 1.165) is 50.4 Å². The van der Waals surface area contributed by atoms with E-state index in [1.54, 1.807) is 0 Å². The van der Waals surface area contributed by atoms with Crippen molar-refractivity contribution >= 4 is 72.8 Å². The van der Waals surface area contributed by atoms with E-state index in [1.807, 2.05) is 0 Å². The number of aromatic nitrogens is 4. The van der Waals surface area contributed by atoms with Gasteiger partial charge in [0.2, 0.25) is 0 Å². The fourth-order valence-corrected chi connectivity index (χ4v) is 10.7. The summed E-state index contributed by atoms with van der Waals surface area (Å²) in [6, 6.07) is 21.5. The minimum atomic E-state index is -5.40. The number of hydrogen-bond donors (Lipinski definition) is 0. The van der Waals surface area contributed by atoms with E-state index in [2.05, 4.69) is 172 Å². The molecular weight excluding hydrogens is 1050 g/mol. The van der Waals surface area contributed by atoms with Crippen LogP contribution in [0.3, 0.4) is 0 Å². The van der Waals surface area contributed by atoms with Gasteiger partial charge in [0.05, 0.1) is 19.6 Å². The molecule has 76 heavy (non-hydrogen) atoms. The largest absolute Gasteiger partial charge is 0.744 e. The minimum absolute atomic E-state index is 0.336. The first-order valence-electron chi connectivity index (χ1n) is 25.2. The first-order valence-corrected chi connectivity index (χ1v) is 30.8. The molecule has 0 unspecified atom stereocenters. The topological polar surface area (TPSA) is 244 Å². The van der Waals surface area contributed by atoms with Crippen LogP contribution in [-0.4, -0.2) is 51.9 Å². The number of aryl methyl sites for hydroxylation is 8. The molecule has 0 fully saturated rings. The Morgan fingerprint density at radius 3 is 0.632 bits per heavy atom. The van der Waals surface area contributed by atoms with E-state index in [1.165, 1.54) is 73.6 Å². The molecule has 0 aliphatic carbocycles. The standard InChI is InChI=1S/C16H10O12S4.4C10H16N/c17-29(18,19)11-5-13(31(23,24)25)9-3-4-10-14(32(26,27)28)6-12(30(20,21)22)8-2-1-7(11)15(9)16(8)10;4*1-3-4-7-11-8-5-10(2)6-9-11/h1-6H,(H,17,18,19)(H,20,21,22)(H,23,24,25)(H,26,27,28);4*5-6,8-9H,3-4,7H2,1-2H3/q;4*+1/p-4. The van der Waals surface area contributed by atoms with Gasteiger partial charge in [-0.25, -0.2) is 51.9 Å². The Hall–Kier alpha value is -5.84. The summed E-state index contributed by atoms with van der Waals surface area (Å²) >= 11 is 0. The fourth-order valence-electron chi connectivity index (χ4n) is 7.78. The van der Waals surface area contributed by atoms with Crippen molar-refractivity contribution in [2.24, 2.45) is 0 Å². The van der Waals surface area contributed by atoms with Crippen molar-refractivity contribution in [3.05, 3.63) is 157 Å². The summed E-state index contributed by atoms with van der Waals surface area (Å²) in [6.07, 6.45) is 27.3. The molecule has 0 atom stereocenters. The Labute approximate surface area is 449 Å². The van der Waals surface area contributed by atoms with Gasteiger partial charge in [-0.05, 0) is 72.9 Å². The van der Waals surface area contributed by atoms with Gasteiger partial charge in [0.1, 0.15) is 66.7 Å². The van der Waals surface area contributed by atoms with Crippen molar-refractivity contribution in [2.75, 3.05) is 0 Å². The van der Waals surface area contributed by atoms with E-state index < -0.39 is 92.4 Å². The molecule has 410 valence electrons. The Balaban J connectivity index is 0.000000233. The SMILES string of the molecule is CCCC[n+]1ccc(C)cc1.CCCC[n+]1ccc(C)cc1.CCCC[n+]1ccc(C)cc1.CCCC[n+]1ccc(C)cc1.O=S(=O)([O-])c1cc(S(=O)(=O)[O-])c2ccc3c(S(=O)(=O)[O-])cc(S(=O)(=O)[O-])c4ccc1c2c43. The summed E-state index contributed by atoms with van der Waals surface area (Å²) in [5, 5.41) is -2.90. The van der Waals surface area contributed by atoms with Gasteiger partial charge in [0.25, 0.3) is 0 Å².